The van der Waals surface area contributed by atoms with E-state index in [-0.39, 0.29) is 17.6 Å². The molecule has 0 aromatic heterocycles. The maximum atomic E-state index is 13.8. The van der Waals surface area contributed by atoms with E-state index < -0.39 is 6.89 Å². The molecule has 4 rings (SSSR count). The van der Waals surface area contributed by atoms with Crippen LogP contribution in [0, 0.1) is 18.3 Å². The monoisotopic (exact) mass is 554 g/mol. The second kappa shape index (κ2) is 13.3. The molecule has 0 aliphatic heterocycles. The van der Waals surface area contributed by atoms with Gasteiger partial charge in [-0.1, -0.05) is 109 Å². The van der Waals surface area contributed by atoms with E-state index >= 15 is 0 Å². The molecule has 0 fully saturated rings. The number of rotatable bonds is 8. The van der Waals surface area contributed by atoms with Crippen LogP contribution >= 0.6 is 28.5 Å². The predicted octanol–water partition coefficient (Wildman–Crippen LogP) is 6.62. The summed E-state index contributed by atoms with van der Waals surface area (Å²) in [4.78, 5) is 18.4. The minimum Gasteiger partial charge on any atom is -0.462 e. The van der Waals surface area contributed by atoms with Crippen molar-refractivity contribution < 1.29 is 9.53 Å². The molecule has 7 heteroatoms. The molecule has 0 spiro atoms. The quantitative estimate of drug-likeness (QED) is 0.0806. The van der Waals surface area contributed by atoms with Gasteiger partial charge in [0.1, 0.15) is 10.7 Å². The van der Waals surface area contributed by atoms with Gasteiger partial charge in [0.15, 0.2) is 5.04 Å². The van der Waals surface area contributed by atoms with Crippen molar-refractivity contribution in [2.45, 2.75) is 13.8 Å². The van der Waals surface area contributed by atoms with Gasteiger partial charge in [-0.15, -0.1) is 0 Å². The van der Waals surface area contributed by atoms with Crippen molar-refractivity contribution in [2.75, 3.05) is 6.61 Å². The van der Waals surface area contributed by atoms with Crippen molar-refractivity contribution in [2.24, 2.45) is 4.99 Å². The molecule has 0 amide bonds. The van der Waals surface area contributed by atoms with Gasteiger partial charge in [-0.05, 0) is 70.4 Å². The largest absolute Gasteiger partial charge is 0.462 e. The lowest BCUT2D eigenvalue weighted by Crippen LogP contribution is -2.32. The normalized spacial score (nSPS) is 11.4. The van der Waals surface area contributed by atoms with E-state index in [0.717, 1.165) is 21.5 Å². The summed E-state index contributed by atoms with van der Waals surface area (Å²) in [6.45, 7) is 1.37. The van der Waals surface area contributed by atoms with Crippen LogP contribution in [0.2, 0.25) is 0 Å². The number of nitriles is 1. The van der Waals surface area contributed by atoms with Crippen molar-refractivity contribution >= 4 is 65.7 Å². The van der Waals surface area contributed by atoms with Crippen LogP contribution in [0.4, 0.5) is 5.69 Å². The van der Waals surface area contributed by atoms with Gasteiger partial charge < -0.3 is 4.74 Å². The average molecular weight is 555 g/mol. The van der Waals surface area contributed by atoms with Gasteiger partial charge in [0.25, 0.3) is 0 Å². The second-order valence-corrected chi connectivity index (χ2v) is 14.0. The Morgan fingerprint density at radius 2 is 1.26 bits per heavy atom. The Kier molecular flexibility index (Phi) is 9.67. The summed E-state index contributed by atoms with van der Waals surface area (Å²) in [6, 6.07) is 40.2. The lowest BCUT2D eigenvalue weighted by Gasteiger charge is -2.31. The number of aliphatic imine (C=N–C) groups is 1. The zero-order valence-electron chi connectivity index (χ0n) is 21.2. The highest BCUT2D eigenvalue weighted by molar-refractivity contribution is 8.89. The summed E-state index contributed by atoms with van der Waals surface area (Å²) in [5.41, 5.74) is 1.80. The first kappa shape index (κ1) is 27.5. The lowest BCUT2D eigenvalue weighted by atomic mass is 10.2. The third-order valence-corrected chi connectivity index (χ3v) is 13.2. The van der Waals surface area contributed by atoms with Crippen LogP contribution in [0.3, 0.4) is 0 Å². The number of aryl methyl sites for hydroxylation is 1. The average Bonchev–Trinajstić information content (AvgIpc) is 2.97. The van der Waals surface area contributed by atoms with Gasteiger partial charge in [0.2, 0.25) is 0 Å². The van der Waals surface area contributed by atoms with Crippen LogP contribution in [-0.2, 0) is 9.53 Å². The van der Waals surface area contributed by atoms with E-state index in [1.807, 2.05) is 85.8 Å². The van der Waals surface area contributed by atoms with Gasteiger partial charge >= 0.3 is 5.97 Å². The minimum atomic E-state index is -2.69. The lowest BCUT2D eigenvalue weighted by molar-refractivity contribution is -0.134. The number of ether oxygens (including phenoxy) is 1. The van der Waals surface area contributed by atoms with Crippen molar-refractivity contribution in [3.8, 4) is 6.07 Å². The van der Waals surface area contributed by atoms with Gasteiger partial charge in [0.05, 0.1) is 12.3 Å². The molecule has 0 atom stereocenters. The Morgan fingerprint density at radius 1 is 0.789 bits per heavy atom. The van der Waals surface area contributed by atoms with E-state index in [1.165, 1.54) is 21.6 Å². The fraction of sp³-hybridized carbons (Fsp3) is 0.0968. The maximum absolute atomic E-state index is 13.8. The molecule has 0 bridgehead atoms. The molecule has 0 aliphatic carbocycles. The van der Waals surface area contributed by atoms with E-state index in [4.69, 9.17) is 4.74 Å². The molecule has 0 radical (unpaired) electrons. The zero-order chi connectivity index (χ0) is 26.8. The molecular weight excluding hydrogens is 527 g/mol. The summed E-state index contributed by atoms with van der Waals surface area (Å²) in [6.07, 6.45) is 0. The van der Waals surface area contributed by atoms with Gasteiger partial charge in [-0.3, -0.25) is 0 Å². The Labute approximate surface area is 232 Å². The van der Waals surface area contributed by atoms with Gasteiger partial charge in [0, 0.05) is 0 Å². The third-order valence-electron chi connectivity index (χ3n) is 5.74. The number of carbonyl (C=O) groups excluding carboxylic acids is 1. The van der Waals surface area contributed by atoms with E-state index in [2.05, 4.69) is 47.5 Å². The standard InChI is InChI=1S/C31H27N2O2PS2/c1-3-35-30(34)31(38-37-29(23-32)33-25-21-19-24(2)20-22-25)36(26-13-7-4-8-14-26,27-15-9-5-10-16-27)28-17-11-6-12-18-28/h4-22H,3H2,1-2H3. The summed E-state index contributed by atoms with van der Waals surface area (Å²) in [5.74, 6) is -0.387. The molecule has 0 N–H and O–H groups in total. The zero-order valence-corrected chi connectivity index (χ0v) is 23.7. The molecule has 38 heavy (non-hydrogen) atoms. The van der Waals surface area contributed by atoms with Crippen molar-refractivity contribution in [1.82, 2.24) is 0 Å². The van der Waals surface area contributed by atoms with Crippen LogP contribution in [0.15, 0.2) is 120 Å². The number of hydrogen-bond donors (Lipinski definition) is 0. The van der Waals surface area contributed by atoms with Crippen molar-refractivity contribution in [1.29, 1.82) is 5.26 Å². The minimum absolute atomic E-state index is 0.245. The summed E-state index contributed by atoms with van der Waals surface area (Å²) in [7, 11) is 2.46. The Bertz CT molecular complexity index is 1400. The fourth-order valence-corrected chi connectivity index (χ4v) is 11.9. The smallest absolute Gasteiger partial charge is 0.346 e. The fourth-order valence-electron chi connectivity index (χ4n) is 4.05. The second-order valence-electron chi connectivity index (χ2n) is 8.23. The number of esters is 1. The highest BCUT2D eigenvalue weighted by atomic mass is 33.1. The SMILES string of the molecule is CCOC(=O)C(SSC(C#N)=Nc1ccc(C)cc1)=P(c1ccccc1)(c1ccccc1)c1ccccc1. The van der Waals surface area contributed by atoms with Crippen LogP contribution < -0.4 is 15.9 Å². The Hall–Kier alpha value is -3.49. The highest BCUT2D eigenvalue weighted by Crippen LogP contribution is 2.51. The van der Waals surface area contributed by atoms with Crippen molar-refractivity contribution in [3.05, 3.63) is 121 Å². The first-order valence-corrected chi connectivity index (χ1v) is 16.0. The molecule has 0 aliphatic rings. The van der Waals surface area contributed by atoms with Gasteiger partial charge in [-0.2, -0.15) is 5.26 Å². The van der Waals surface area contributed by atoms with E-state index in [1.54, 1.807) is 6.92 Å². The predicted molar refractivity (Wildman–Crippen MR) is 166 cm³/mol. The van der Waals surface area contributed by atoms with Crippen LogP contribution in [0.5, 0.6) is 0 Å². The summed E-state index contributed by atoms with van der Waals surface area (Å²) >= 11 is 0. The molecule has 190 valence electrons. The molecule has 4 aromatic rings. The Balaban J connectivity index is 2.00. The maximum Gasteiger partial charge on any atom is 0.346 e. The Morgan fingerprint density at radius 3 is 1.68 bits per heavy atom. The summed E-state index contributed by atoms with van der Waals surface area (Å²) < 4.78 is 6.22. The number of hydrogen-bond acceptors (Lipinski definition) is 6. The van der Waals surface area contributed by atoms with E-state index in [9.17, 15) is 10.1 Å². The van der Waals surface area contributed by atoms with Gasteiger partial charge in [-0.25, -0.2) is 9.79 Å². The van der Waals surface area contributed by atoms with E-state index in [0.29, 0.717) is 10.3 Å². The van der Waals surface area contributed by atoms with Crippen LogP contribution in [-0.4, -0.2) is 22.2 Å². The van der Waals surface area contributed by atoms with Crippen molar-refractivity contribution in [3.63, 3.8) is 0 Å². The molecule has 4 aromatic carbocycles. The molecule has 0 saturated carbocycles. The molecule has 4 nitrogen and oxygen atoms in total. The molecule has 0 heterocycles. The molecular formula is C31H27N2O2PS2. The summed E-state index contributed by atoms with van der Waals surface area (Å²) in [5, 5.41) is 13.3. The number of benzene rings is 4. The van der Waals surface area contributed by atoms with Crippen LogP contribution in [0.25, 0.3) is 0 Å². The topological polar surface area (TPSA) is 62.5 Å². The first-order chi connectivity index (χ1) is 18.6. The number of nitrogens with zero attached hydrogens (tertiary/aromatic N) is 2. The first-order valence-electron chi connectivity index (χ1n) is 12.1. The van der Waals surface area contributed by atoms with Crippen LogP contribution in [0.1, 0.15) is 12.5 Å². The highest BCUT2D eigenvalue weighted by Gasteiger charge is 2.35. The third kappa shape index (κ3) is 6.14. The molecule has 0 saturated heterocycles. The number of carbonyl (C=O) groups is 1. The molecule has 0 unspecified atom stereocenters.